The summed E-state index contributed by atoms with van der Waals surface area (Å²) in [6.45, 7) is 2.50. The number of hydrogen-bond donors (Lipinski definition) is 1. The third-order valence-corrected chi connectivity index (χ3v) is 2.21. The standard InChI is InChI=1S/C12H15NO3/c1-4-10(5-2)13-7-11-6-9(8-16-11)12(14)15-3/h1,6,8,10,13H,5,7H2,2-3H3. The highest BCUT2D eigenvalue weighted by molar-refractivity contribution is 5.88. The Balaban J connectivity index is 2.53. The Morgan fingerprint density at radius 2 is 2.50 bits per heavy atom. The molecule has 0 radical (unpaired) electrons. The van der Waals surface area contributed by atoms with E-state index in [9.17, 15) is 4.79 Å². The van der Waals surface area contributed by atoms with Gasteiger partial charge in [-0.05, 0) is 12.5 Å². The number of furan rings is 1. The summed E-state index contributed by atoms with van der Waals surface area (Å²) in [6.07, 6.45) is 7.53. The SMILES string of the molecule is C#CC(CC)NCc1cc(C(=O)OC)co1. The average Bonchev–Trinajstić information content (AvgIpc) is 2.78. The van der Waals surface area contributed by atoms with Crippen LogP contribution in [0, 0.1) is 12.3 Å². The molecule has 4 heteroatoms. The van der Waals surface area contributed by atoms with Gasteiger partial charge in [0.1, 0.15) is 12.0 Å². The first kappa shape index (κ1) is 12.3. The Kier molecular flexibility index (Phi) is 4.62. The van der Waals surface area contributed by atoms with Crippen molar-refractivity contribution in [1.29, 1.82) is 0 Å². The molecule has 0 fully saturated rings. The zero-order valence-corrected chi connectivity index (χ0v) is 9.45. The highest BCUT2D eigenvalue weighted by atomic mass is 16.5. The molecule has 0 saturated carbocycles. The lowest BCUT2D eigenvalue weighted by Gasteiger charge is -2.07. The lowest BCUT2D eigenvalue weighted by atomic mass is 10.2. The highest BCUT2D eigenvalue weighted by Crippen LogP contribution is 2.09. The summed E-state index contributed by atoms with van der Waals surface area (Å²) in [7, 11) is 1.33. The Hall–Kier alpha value is -1.73. The van der Waals surface area contributed by atoms with Gasteiger partial charge in [-0.25, -0.2) is 4.79 Å². The number of ether oxygens (including phenoxy) is 1. The lowest BCUT2D eigenvalue weighted by Crippen LogP contribution is -2.25. The Morgan fingerprint density at radius 1 is 1.75 bits per heavy atom. The Bertz CT molecular complexity index is 389. The molecular weight excluding hydrogens is 206 g/mol. The second kappa shape index (κ2) is 5.99. The zero-order chi connectivity index (χ0) is 12.0. The van der Waals surface area contributed by atoms with Gasteiger partial charge in [-0.2, -0.15) is 0 Å². The lowest BCUT2D eigenvalue weighted by molar-refractivity contribution is 0.0600. The number of nitrogens with one attached hydrogen (secondary N) is 1. The van der Waals surface area contributed by atoms with Gasteiger partial charge in [0.15, 0.2) is 0 Å². The monoisotopic (exact) mass is 221 g/mol. The molecule has 0 aliphatic rings. The fourth-order valence-electron chi connectivity index (χ4n) is 1.24. The van der Waals surface area contributed by atoms with Crippen molar-refractivity contribution in [3.05, 3.63) is 23.7 Å². The van der Waals surface area contributed by atoms with Crippen molar-refractivity contribution < 1.29 is 13.9 Å². The van der Waals surface area contributed by atoms with Crippen molar-refractivity contribution >= 4 is 5.97 Å². The minimum absolute atomic E-state index is 0.0201. The third kappa shape index (κ3) is 3.14. The van der Waals surface area contributed by atoms with Crippen molar-refractivity contribution in [3.8, 4) is 12.3 Å². The molecular formula is C12H15NO3. The first-order chi connectivity index (χ1) is 7.71. The van der Waals surface area contributed by atoms with Crippen LogP contribution in [0.4, 0.5) is 0 Å². The van der Waals surface area contributed by atoms with E-state index in [2.05, 4.69) is 16.0 Å². The molecule has 0 amide bonds. The van der Waals surface area contributed by atoms with Crippen LogP contribution in [0.2, 0.25) is 0 Å². The summed E-state index contributed by atoms with van der Waals surface area (Å²) >= 11 is 0. The molecule has 0 spiro atoms. The van der Waals surface area contributed by atoms with Crippen LogP contribution < -0.4 is 5.32 Å². The molecule has 0 aliphatic carbocycles. The van der Waals surface area contributed by atoms with Crippen LogP contribution in [0.25, 0.3) is 0 Å². The molecule has 4 nitrogen and oxygen atoms in total. The van der Waals surface area contributed by atoms with Crippen LogP contribution in [0.15, 0.2) is 16.7 Å². The molecule has 1 heterocycles. The number of esters is 1. The quantitative estimate of drug-likeness (QED) is 0.605. The number of carbonyl (C=O) groups excluding carboxylic acids is 1. The summed E-state index contributed by atoms with van der Waals surface area (Å²) in [5.41, 5.74) is 0.410. The summed E-state index contributed by atoms with van der Waals surface area (Å²) in [5, 5.41) is 3.12. The van der Waals surface area contributed by atoms with Gasteiger partial charge in [-0.15, -0.1) is 6.42 Å². The van der Waals surface area contributed by atoms with E-state index in [1.165, 1.54) is 13.4 Å². The van der Waals surface area contributed by atoms with Crippen LogP contribution in [0.1, 0.15) is 29.5 Å². The molecule has 0 saturated heterocycles. The maximum Gasteiger partial charge on any atom is 0.341 e. The summed E-state index contributed by atoms with van der Waals surface area (Å²) < 4.78 is 9.76. The molecule has 86 valence electrons. The Labute approximate surface area is 95.0 Å². The minimum atomic E-state index is -0.404. The number of rotatable bonds is 5. The number of carbonyl (C=O) groups is 1. The van der Waals surface area contributed by atoms with Gasteiger partial charge in [-0.3, -0.25) is 5.32 Å². The van der Waals surface area contributed by atoms with Crippen LogP contribution in [0.3, 0.4) is 0 Å². The van der Waals surface area contributed by atoms with Crippen LogP contribution >= 0.6 is 0 Å². The van der Waals surface area contributed by atoms with Gasteiger partial charge >= 0.3 is 5.97 Å². The van der Waals surface area contributed by atoms with E-state index in [4.69, 9.17) is 10.8 Å². The molecule has 0 aromatic carbocycles. The summed E-state index contributed by atoms with van der Waals surface area (Å²) in [6, 6.07) is 1.66. The minimum Gasteiger partial charge on any atom is -0.467 e. The first-order valence-corrected chi connectivity index (χ1v) is 5.06. The van der Waals surface area contributed by atoms with E-state index >= 15 is 0 Å². The molecule has 1 unspecified atom stereocenters. The van der Waals surface area contributed by atoms with Gasteiger partial charge < -0.3 is 9.15 Å². The molecule has 1 rings (SSSR count). The fraction of sp³-hybridized carbons (Fsp3) is 0.417. The van der Waals surface area contributed by atoms with E-state index in [1.807, 2.05) is 6.92 Å². The highest BCUT2D eigenvalue weighted by Gasteiger charge is 2.10. The molecule has 1 aromatic heterocycles. The summed E-state index contributed by atoms with van der Waals surface area (Å²) in [4.78, 5) is 11.1. The van der Waals surface area contributed by atoms with E-state index in [-0.39, 0.29) is 6.04 Å². The summed E-state index contributed by atoms with van der Waals surface area (Å²) in [5.74, 6) is 2.88. The zero-order valence-electron chi connectivity index (χ0n) is 9.45. The second-order valence-electron chi connectivity index (χ2n) is 3.30. The average molecular weight is 221 g/mol. The molecule has 1 atom stereocenters. The van der Waals surface area contributed by atoms with Gasteiger partial charge in [0.2, 0.25) is 0 Å². The predicted octanol–water partition coefficient (Wildman–Crippen LogP) is 1.57. The molecule has 0 aliphatic heterocycles. The van der Waals surface area contributed by atoms with Crippen molar-refractivity contribution in [2.24, 2.45) is 0 Å². The molecule has 16 heavy (non-hydrogen) atoms. The third-order valence-electron chi connectivity index (χ3n) is 2.21. The van der Waals surface area contributed by atoms with Crippen molar-refractivity contribution in [2.75, 3.05) is 7.11 Å². The van der Waals surface area contributed by atoms with Gasteiger partial charge in [0, 0.05) is 0 Å². The number of methoxy groups -OCH3 is 1. The molecule has 1 aromatic rings. The van der Waals surface area contributed by atoms with Gasteiger partial charge in [0.05, 0.1) is 25.3 Å². The maximum atomic E-state index is 11.1. The van der Waals surface area contributed by atoms with Crippen LogP contribution in [-0.2, 0) is 11.3 Å². The van der Waals surface area contributed by atoms with Crippen LogP contribution in [-0.4, -0.2) is 19.1 Å². The van der Waals surface area contributed by atoms with Gasteiger partial charge in [0.25, 0.3) is 0 Å². The second-order valence-corrected chi connectivity index (χ2v) is 3.30. The van der Waals surface area contributed by atoms with Crippen molar-refractivity contribution in [3.63, 3.8) is 0 Å². The number of terminal acetylenes is 1. The van der Waals surface area contributed by atoms with Crippen molar-refractivity contribution in [1.82, 2.24) is 5.32 Å². The van der Waals surface area contributed by atoms with E-state index in [1.54, 1.807) is 6.07 Å². The maximum absolute atomic E-state index is 11.1. The van der Waals surface area contributed by atoms with E-state index < -0.39 is 5.97 Å². The van der Waals surface area contributed by atoms with Crippen molar-refractivity contribution in [2.45, 2.75) is 25.9 Å². The number of hydrogen-bond acceptors (Lipinski definition) is 4. The topological polar surface area (TPSA) is 51.5 Å². The van der Waals surface area contributed by atoms with E-state index in [0.29, 0.717) is 17.9 Å². The smallest absolute Gasteiger partial charge is 0.341 e. The molecule has 0 bridgehead atoms. The predicted molar refractivity (Wildman–Crippen MR) is 59.8 cm³/mol. The fourth-order valence-corrected chi connectivity index (χ4v) is 1.24. The van der Waals surface area contributed by atoms with Gasteiger partial charge in [-0.1, -0.05) is 12.8 Å². The largest absolute Gasteiger partial charge is 0.467 e. The molecule has 1 N–H and O–H groups in total. The first-order valence-electron chi connectivity index (χ1n) is 5.06. The van der Waals surface area contributed by atoms with E-state index in [0.717, 1.165) is 6.42 Å². The van der Waals surface area contributed by atoms with Crippen LogP contribution in [0.5, 0.6) is 0 Å². The normalized spacial score (nSPS) is 11.8. The Morgan fingerprint density at radius 3 is 3.06 bits per heavy atom.